The number of rotatable bonds is 7. The van der Waals surface area contributed by atoms with Gasteiger partial charge >= 0.3 is 5.97 Å². The van der Waals surface area contributed by atoms with Crippen LogP contribution in [0, 0.1) is 0 Å². The molecule has 0 saturated carbocycles. The van der Waals surface area contributed by atoms with Gasteiger partial charge in [-0.25, -0.2) is 0 Å². The fraction of sp³-hybridized carbons (Fsp3) is 0.500. The van der Waals surface area contributed by atoms with Crippen molar-refractivity contribution in [3.05, 3.63) is 35.9 Å². The molecular formula is C14H22N2O4S. The van der Waals surface area contributed by atoms with Crippen LogP contribution in [-0.4, -0.2) is 56.8 Å². The highest BCUT2D eigenvalue weighted by molar-refractivity contribution is 7.86. The molecule has 0 N–H and O–H groups in total. The number of likely N-dealkylation sites (N-methyl/N-ethyl adjacent to an activating group) is 1. The normalized spacial score (nSPS) is 13.4. The third kappa shape index (κ3) is 4.52. The quantitative estimate of drug-likeness (QED) is 0.701. The van der Waals surface area contributed by atoms with Crippen molar-refractivity contribution in [1.82, 2.24) is 8.61 Å². The molecule has 7 heteroatoms. The van der Waals surface area contributed by atoms with Crippen molar-refractivity contribution in [1.29, 1.82) is 0 Å². The number of carbonyl (C=O) groups excluding carboxylic acids is 1. The first kappa shape index (κ1) is 17.6. The summed E-state index contributed by atoms with van der Waals surface area (Å²) in [5.41, 5.74) is 0.872. The van der Waals surface area contributed by atoms with E-state index in [1.54, 1.807) is 6.92 Å². The SMILES string of the molecule is CCOC(=O)[C@@H](Cc1ccccc1)N(C)S(=O)(=O)N(C)C. The molecular weight excluding hydrogens is 292 g/mol. The Morgan fingerprint density at radius 2 is 1.76 bits per heavy atom. The van der Waals surface area contributed by atoms with E-state index >= 15 is 0 Å². The maximum absolute atomic E-state index is 12.2. The molecule has 21 heavy (non-hydrogen) atoms. The Hall–Kier alpha value is -1.44. The second-order valence-electron chi connectivity index (χ2n) is 4.76. The molecule has 1 rings (SSSR count). The van der Waals surface area contributed by atoms with Crippen molar-refractivity contribution >= 4 is 16.2 Å². The van der Waals surface area contributed by atoms with E-state index in [-0.39, 0.29) is 13.0 Å². The Morgan fingerprint density at radius 1 is 1.19 bits per heavy atom. The zero-order chi connectivity index (χ0) is 16.0. The summed E-state index contributed by atoms with van der Waals surface area (Å²) in [5.74, 6) is -0.547. The molecule has 0 aliphatic heterocycles. The maximum Gasteiger partial charge on any atom is 0.324 e. The summed E-state index contributed by atoms with van der Waals surface area (Å²) in [7, 11) is 0.549. The molecule has 0 fully saturated rings. The molecule has 1 atom stereocenters. The van der Waals surface area contributed by atoms with Crippen LogP contribution < -0.4 is 0 Å². The van der Waals surface area contributed by atoms with Gasteiger partial charge in [0, 0.05) is 21.1 Å². The zero-order valence-electron chi connectivity index (χ0n) is 12.8. The molecule has 0 radical (unpaired) electrons. The largest absolute Gasteiger partial charge is 0.465 e. The summed E-state index contributed by atoms with van der Waals surface area (Å²) in [6.07, 6.45) is 0.267. The summed E-state index contributed by atoms with van der Waals surface area (Å²) in [5, 5.41) is 0. The zero-order valence-corrected chi connectivity index (χ0v) is 13.6. The second-order valence-corrected chi connectivity index (χ2v) is 6.97. The third-order valence-corrected chi connectivity index (χ3v) is 5.00. The number of esters is 1. The van der Waals surface area contributed by atoms with E-state index in [4.69, 9.17) is 4.74 Å². The van der Waals surface area contributed by atoms with Gasteiger partial charge < -0.3 is 4.74 Å². The molecule has 118 valence electrons. The summed E-state index contributed by atoms with van der Waals surface area (Å²) < 4.78 is 31.6. The number of hydrogen-bond acceptors (Lipinski definition) is 4. The van der Waals surface area contributed by atoms with Gasteiger partial charge in [0.15, 0.2) is 0 Å². The predicted molar refractivity (Wildman–Crippen MR) is 80.9 cm³/mol. The standard InChI is InChI=1S/C14H22N2O4S/c1-5-20-14(17)13(11-12-9-7-6-8-10-12)16(4)21(18,19)15(2)3/h6-10,13H,5,11H2,1-4H3/t13-/m1/s1. The summed E-state index contributed by atoms with van der Waals surface area (Å²) in [6, 6.07) is 8.36. The first-order chi connectivity index (χ1) is 9.80. The molecule has 1 aromatic carbocycles. The number of nitrogens with zero attached hydrogens (tertiary/aromatic N) is 2. The van der Waals surface area contributed by atoms with Gasteiger partial charge in [0.05, 0.1) is 6.61 Å². The van der Waals surface area contributed by atoms with Crippen LogP contribution in [0.1, 0.15) is 12.5 Å². The van der Waals surface area contributed by atoms with Crippen molar-refractivity contribution in [2.45, 2.75) is 19.4 Å². The minimum absolute atomic E-state index is 0.208. The van der Waals surface area contributed by atoms with E-state index < -0.39 is 22.2 Å². The Labute approximate surface area is 126 Å². The molecule has 0 unspecified atom stereocenters. The molecule has 0 bridgehead atoms. The molecule has 0 aliphatic carbocycles. The van der Waals surface area contributed by atoms with Crippen molar-refractivity contribution in [3.8, 4) is 0 Å². The highest BCUT2D eigenvalue weighted by Crippen LogP contribution is 2.14. The summed E-state index contributed by atoms with van der Waals surface area (Å²) >= 11 is 0. The molecule has 0 amide bonds. The summed E-state index contributed by atoms with van der Waals surface area (Å²) in [6.45, 7) is 1.90. The topological polar surface area (TPSA) is 66.9 Å². The van der Waals surface area contributed by atoms with Crippen LogP contribution in [0.25, 0.3) is 0 Å². The summed E-state index contributed by atoms with van der Waals surface area (Å²) in [4.78, 5) is 12.1. The average Bonchev–Trinajstić information content (AvgIpc) is 2.45. The molecule has 0 heterocycles. The second kappa shape index (κ2) is 7.53. The smallest absolute Gasteiger partial charge is 0.324 e. The van der Waals surface area contributed by atoms with E-state index in [1.807, 2.05) is 30.3 Å². The fourth-order valence-electron chi connectivity index (χ4n) is 1.85. The van der Waals surface area contributed by atoms with Gasteiger partial charge in [-0.2, -0.15) is 17.0 Å². The first-order valence-electron chi connectivity index (χ1n) is 6.66. The minimum atomic E-state index is -3.69. The Morgan fingerprint density at radius 3 is 2.24 bits per heavy atom. The molecule has 0 saturated heterocycles. The lowest BCUT2D eigenvalue weighted by Crippen LogP contribution is -2.48. The molecule has 1 aromatic rings. The molecule has 0 aliphatic rings. The van der Waals surface area contributed by atoms with Crippen LogP contribution in [0.15, 0.2) is 30.3 Å². The van der Waals surface area contributed by atoms with E-state index in [2.05, 4.69) is 0 Å². The van der Waals surface area contributed by atoms with Crippen LogP contribution in [0.2, 0.25) is 0 Å². The van der Waals surface area contributed by atoms with Crippen LogP contribution >= 0.6 is 0 Å². The van der Waals surface area contributed by atoms with Gasteiger partial charge in [0.2, 0.25) is 0 Å². The van der Waals surface area contributed by atoms with Gasteiger partial charge in [0.1, 0.15) is 6.04 Å². The number of carbonyl (C=O) groups is 1. The highest BCUT2D eigenvalue weighted by atomic mass is 32.2. The van der Waals surface area contributed by atoms with E-state index in [1.165, 1.54) is 21.1 Å². The number of benzene rings is 1. The minimum Gasteiger partial charge on any atom is -0.465 e. The van der Waals surface area contributed by atoms with Crippen molar-refractivity contribution < 1.29 is 17.9 Å². The van der Waals surface area contributed by atoms with Crippen LogP contribution in [0.4, 0.5) is 0 Å². The molecule has 0 spiro atoms. The molecule has 0 aromatic heterocycles. The van der Waals surface area contributed by atoms with Gasteiger partial charge in [0.25, 0.3) is 10.2 Å². The van der Waals surface area contributed by atoms with Gasteiger partial charge in [-0.15, -0.1) is 0 Å². The Balaban J connectivity index is 3.05. The van der Waals surface area contributed by atoms with Crippen LogP contribution in [-0.2, 0) is 26.2 Å². The Bertz CT molecular complexity index is 558. The van der Waals surface area contributed by atoms with Crippen molar-refractivity contribution in [2.75, 3.05) is 27.7 Å². The number of ether oxygens (including phenoxy) is 1. The lowest BCUT2D eigenvalue weighted by Gasteiger charge is -2.28. The van der Waals surface area contributed by atoms with Crippen LogP contribution in [0.3, 0.4) is 0 Å². The first-order valence-corrected chi connectivity index (χ1v) is 8.06. The lowest BCUT2D eigenvalue weighted by atomic mass is 10.1. The molecule has 6 nitrogen and oxygen atoms in total. The van der Waals surface area contributed by atoms with E-state index in [9.17, 15) is 13.2 Å². The number of hydrogen-bond donors (Lipinski definition) is 0. The van der Waals surface area contributed by atoms with Gasteiger partial charge in [-0.05, 0) is 18.9 Å². The highest BCUT2D eigenvalue weighted by Gasteiger charge is 2.34. The predicted octanol–water partition coefficient (Wildman–Crippen LogP) is 0.899. The average molecular weight is 314 g/mol. The maximum atomic E-state index is 12.2. The van der Waals surface area contributed by atoms with E-state index in [0.29, 0.717) is 0 Å². The van der Waals surface area contributed by atoms with Crippen molar-refractivity contribution in [2.24, 2.45) is 0 Å². The van der Waals surface area contributed by atoms with Crippen LogP contribution in [0.5, 0.6) is 0 Å². The van der Waals surface area contributed by atoms with Gasteiger partial charge in [-0.1, -0.05) is 30.3 Å². The lowest BCUT2D eigenvalue weighted by molar-refractivity contribution is -0.147. The van der Waals surface area contributed by atoms with E-state index in [0.717, 1.165) is 14.2 Å². The third-order valence-electron chi connectivity index (χ3n) is 3.09. The monoisotopic (exact) mass is 314 g/mol. The van der Waals surface area contributed by atoms with Gasteiger partial charge in [-0.3, -0.25) is 4.79 Å². The Kier molecular flexibility index (Phi) is 6.32. The fourth-order valence-corrected chi connectivity index (χ4v) is 2.85. The van der Waals surface area contributed by atoms with Crippen molar-refractivity contribution in [3.63, 3.8) is 0 Å².